The summed E-state index contributed by atoms with van der Waals surface area (Å²) in [6.45, 7) is 7.22. The van der Waals surface area contributed by atoms with Gasteiger partial charge in [-0.1, -0.05) is 59.7 Å². The minimum Gasteiger partial charge on any atom is -0.464 e. The second kappa shape index (κ2) is 15.1. The summed E-state index contributed by atoms with van der Waals surface area (Å²) in [6, 6.07) is 16.1. The normalized spacial score (nSPS) is 17.7. The van der Waals surface area contributed by atoms with E-state index in [1.165, 1.54) is 5.57 Å². The Morgan fingerprint density at radius 3 is 2.77 bits per heavy atom. The minimum absolute atomic E-state index is 0.122. The number of nitrogens with one attached hydrogen (secondary N) is 1. The van der Waals surface area contributed by atoms with Gasteiger partial charge in [0.15, 0.2) is 6.26 Å². The number of aryl methyl sites for hydroxylation is 1. The van der Waals surface area contributed by atoms with Crippen molar-refractivity contribution >= 4 is 17.5 Å². The molecule has 1 unspecified atom stereocenters. The molecule has 5 rings (SSSR count). The van der Waals surface area contributed by atoms with Crippen molar-refractivity contribution < 1.29 is 14.3 Å². The van der Waals surface area contributed by atoms with E-state index in [1.54, 1.807) is 18.6 Å². The quantitative estimate of drug-likeness (QED) is 0.286. The molecule has 1 atom stereocenters. The third kappa shape index (κ3) is 8.13. The van der Waals surface area contributed by atoms with Gasteiger partial charge in [0.1, 0.15) is 12.0 Å². The summed E-state index contributed by atoms with van der Waals surface area (Å²) < 4.78 is 12.3. The Morgan fingerprint density at radius 2 is 2.02 bits per heavy atom. The van der Waals surface area contributed by atoms with E-state index < -0.39 is 0 Å². The molecule has 1 fully saturated rings. The van der Waals surface area contributed by atoms with Crippen molar-refractivity contribution in [1.29, 1.82) is 5.26 Å². The van der Waals surface area contributed by atoms with E-state index in [0.717, 1.165) is 68.5 Å². The number of piperidine rings is 1. The number of likely N-dealkylation sites (tertiary alicyclic amines) is 1. The average Bonchev–Trinajstić information content (AvgIpc) is 3.04. The standard InChI is InChI=1S/C36H41ClN4O3/c1-26-8-6-13-33(37)35(26)36(42)39-17-14-27(2)40-18-15-31(16-19-40)41(23-30-12-7-11-29(20-30)22-38)34-25-43-24-32(44-34)21-28-9-4-3-5-10-28/h3-4,6-9,11-13,20,24-25,27,31H,5,10,14-19,21,23H2,1-2H3,(H,39,42). The summed E-state index contributed by atoms with van der Waals surface area (Å²) >= 11 is 6.28. The van der Waals surface area contributed by atoms with E-state index in [2.05, 4.69) is 52.4 Å². The predicted molar refractivity (Wildman–Crippen MR) is 173 cm³/mol. The highest BCUT2D eigenvalue weighted by Gasteiger charge is 2.30. The first-order chi connectivity index (χ1) is 21.4. The van der Waals surface area contributed by atoms with Gasteiger partial charge in [-0.15, -0.1) is 0 Å². The molecule has 0 bridgehead atoms. The van der Waals surface area contributed by atoms with Crippen LogP contribution in [-0.4, -0.2) is 47.4 Å². The molecule has 2 aromatic rings. The van der Waals surface area contributed by atoms with Gasteiger partial charge in [0, 0.05) is 44.7 Å². The molecule has 0 aromatic heterocycles. The smallest absolute Gasteiger partial charge is 0.253 e. The summed E-state index contributed by atoms with van der Waals surface area (Å²) in [6.07, 6.45) is 15.4. The first-order valence-corrected chi connectivity index (χ1v) is 15.9. The lowest BCUT2D eigenvalue weighted by Crippen LogP contribution is -2.48. The summed E-state index contributed by atoms with van der Waals surface area (Å²) in [5.74, 6) is 1.39. The first-order valence-electron chi connectivity index (χ1n) is 15.5. The number of nitrogens with zero attached hydrogens (tertiary/aromatic N) is 3. The summed E-state index contributed by atoms with van der Waals surface area (Å²) in [5, 5.41) is 13.0. The number of allylic oxidation sites excluding steroid dienone is 4. The van der Waals surface area contributed by atoms with Crippen LogP contribution in [0.2, 0.25) is 5.02 Å². The van der Waals surface area contributed by atoms with Crippen LogP contribution in [0.1, 0.15) is 72.5 Å². The second-order valence-electron chi connectivity index (χ2n) is 11.8. The molecule has 44 heavy (non-hydrogen) atoms. The van der Waals surface area contributed by atoms with Gasteiger partial charge in [-0.2, -0.15) is 5.26 Å². The highest BCUT2D eigenvalue weighted by molar-refractivity contribution is 6.34. The molecule has 1 N–H and O–H groups in total. The maximum atomic E-state index is 12.8. The Morgan fingerprint density at radius 1 is 1.20 bits per heavy atom. The van der Waals surface area contributed by atoms with Gasteiger partial charge in [0.05, 0.1) is 22.2 Å². The van der Waals surface area contributed by atoms with Crippen molar-refractivity contribution in [1.82, 2.24) is 15.1 Å². The van der Waals surface area contributed by atoms with Crippen molar-refractivity contribution in [2.75, 3.05) is 19.6 Å². The van der Waals surface area contributed by atoms with Gasteiger partial charge in [-0.3, -0.25) is 4.79 Å². The van der Waals surface area contributed by atoms with E-state index in [4.69, 9.17) is 21.1 Å². The SMILES string of the molecule is Cc1cccc(Cl)c1C(=O)NCCC(C)N1CCC(N(Cc2cccc(C#N)c2)C2=COC=C(CC3=CC=CCC3)O2)CC1. The van der Waals surface area contributed by atoms with Gasteiger partial charge >= 0.3 is 0 Å². The molecule has 1 saturated heterocycles. The Kier molecular flexibility index (Phi) is 10.8. The molecule has 7 nitrogen and oxygen atoms in total. The van der Waals surface area contributed by atoms with E-state index in [1.807, 2.05) is 37.3 Å². The molecule has 1 aliphatic carbocycles. The largest absolute Gasteiger partial charge is 0.464 e. The number of halogens is 1. The molecule has 0 saturated carbocycles. The number of carbonyl (C=O) groups is 1. The van der Waals surface area contributed by atoms with Crippen LogP contribution in [0.15, 0.2) is 90.4 Å². The number of amides is 1. The van der Waals surface area contributed by atoms with Crippen LogP contribution in [0.4, 0.5) is 0 Å². The molecule has 2 aromatic carbocycles. The third-order valence-electron chi connectivity index (χ3n) is 8.66. The summed E-state index contributed by atoms with van der Waals surface area (Å²) in [4.78, 5) is 17.6. The van der Waals surface area contributed by atoms with Gasteiger partial charge in [0.2, 0.25) is 5.88 Å². The van der Waals surface area contributed by atoms with Crippen molar-refractivity contribution in [3.05, 3.63) is 118 Å². The highest BCUT2D eigenvalue weighted by atomic mass is 35.5. The van der Waals surface area contributed by atoms with Crippen LogP contribution in [-0.2, 0) is 16.0 Å². The number of rotatable bonds is 11. The fraction of sp³-hybridized carbons (Fsp3) is 0.389. The van der Waals surface area contributed by atoms with E-state index in [-0.39, 0.29) is 11.9 Å². The molecule has 0 spiro atoms. The molecular formula is C36H41ClN4O3. The lowest BCUT2D eigenvalue weighted by atomic mass is 9.99. The fourth-order valence-electron chi connectivity index (χ4n) is 6.12. The monoisotopic (exact) mass is 612 g/mol. The Balaban J connectivity index is 1.19. The van der Waals surface area contributed by atoms with E-state index in [0.29, 0.717) is 41.2 Å². The molecule has 2 aliphatic heterocycles. The van der Waals surface area contributed by atoms with Crippen LogP contribution in [0.3, 0.4) is 0 Å². The number of hydrogen-bond acceptors (Lipinski definition) is 6. The fourth-order valence-corrected chi connectivity index (χ4v) is 6.43. The molecule has 2 heterocycles. The number of nitriles is 1. The van der Waals surface area contributed by atoms with Gasteiger partial charge in [-0.05, 0) is 75.3 Å². The van der Waals surface area contributed by atoms with Crippen molar-refractivity contribution in [3.8, 4) is 6.07 Å². The van der Waals surface area contributed by atoms with Crippen LogP contribution in [0.25, 0.3) is 0 Å². The van der Waals surface area contributed by atoms with E-state index >= 15 is 0 Å². The molecule has 230 valence electrons. The van der Waals surface area contributed by atoms with Crippen LogP contribution >= 0.6 is 11.6 Å². The molecule has 1 amide bonds. The van der Waals surface area contributed by atoms with Crippen LogP contribution in [0, 0.1) is 18.3 Å². The van der Waals surface area contributed by atoms with Gasteiger partial charge < -0.3 is 24.6 Å². The Labute approximate surface area is 266 Å². The average molecular weight is 613 g/mol. The van der Waals surface area contributed by atoms with Crippen LogP contribution < -0.4 is 5.32 Å². The Hall–Kier alpha value is -3.99. The zero-order chi connectivity index (χ0) is 30.9. The Bertz CT molecular complexity index is 1480. The minimum atomic E-state index is -0.122. The second-order valence-corrected chi connectivity index (χ2v) is 12.2. The lowest BCUT2D eigenvalue weighted by Gasteiger charge is -2.42. The molecule has 3 aliphatic rings. The zero-order valence-corrected chi connectivity index (χ0v) is 26.4. The molecular weight excluding hydrogens is 572 g/mol. The predicted octanol–water partition coefficient (Wildman–Crippen LogP) is 7.35. The zero-order valence-electron chi connectivity index (χ0n) is 25.6. The highest BCUT2D eigenvalue weighted by Crippen LogP contribution is 2.31. The number of carbonyl (C=O) groups excluding carboxylic acids is 1. The maximum absolute atomic E-state index is 12.8. The topological polar surface area (TPSA) is 77.8 Å². The number of ether oxygens (including phenoxy) is 2. The van der Waals surface area contributed by atoms with Crippen molar-refractivity contribution in [2.24, 2.45) is 0 Å². The summed E-state index contributed by atoms with van der Waals surface area (Å²) in [7, 11) is 0. The first kappa shape index (κ1) is 31.4. The number of hydrogen-bond donors (Lipinski definition) is 1. The van der Waals surface area contributed by atoms with Gasteiger partial charge in [-0.25, -0.2) is 0 Å². The molecule has 0 radical (unpaired) electrons. The number of benzene rings is 2. The van der Waals surface area contributed by atoms with Crippen molar-refractivity contribution in [2.45, 2.75) is 71.0 Å². The van der Waals surface area contributed by atoms with Crippen molar-refractivity contribution in [3.63, 3.8) is 0 Å². The lowest BCUT2D eigenvalue weighted by molar-refractivity contribution is 0.0450. The summed E-state index contributed by atoms with van der Waals surface area (Å²) in [5.41, 5.74) is 4.47. The van der Waals surface area contributed by atoms with Crippen LogP contribution in [0.5, 0.6) is 0 Å². The molecule has 8 heteroatoms. The third-order valence-corrected chi connectivity index (χ3v) is 8.97. The van der Waals surface area contributed by atoms with E-state index in [9.17, 15) is 10.1 Å². The van der Waals surface area contributed by atoms with Gasteiger partial charge in [0.25, 0.3) is 5.91 Å². The maximum Gasteiger partial charge on any atom is 0.253 e.